The molecular weight excluding hydrogens is 400 g/mol. The lowest BCUT2D eigenvalue weighted by atomic mass is 10.1. The van der Waals surface area contributed by atoms with E-state index in [1.54, 1.807) is 23.4 Å². The number of aryl methyl sites for hydroxylation is 2. The number of carbonyl (C=O) groups is 1. The second kappa shape index (κ2) is 10.1. The summed E-state index contributed by atoms with van der Waals surface area (Å²) in [6.45, 7) is 5.55. The summed E-state index contributed by atoms with van der Waals surface area (Å²) in [6, 6.07) is 12.5. The van der Waals surface area contributed by atoms with Gasteiger partial charge in [0.25, 0.3) is 5.91 Å². The van der Waals surface area contributed by atoms with Crippen molar-refractivity contribution in [3.8, 4) is 5.75 Å². The SMILES string of the molecule is Cc1ccc(OCCNC(=O)c2cc(S(=O)(=O)N3CCCCCC3)ccc2C)cc1. The lowest BCUT2D eigenvalue weighted by Crippen LogP contribution is -2.32. The molecule has 1 fully saturated rings. The average Bonchev–Trinajstić information content (AvgIpc) is 3.03. The minimum atomic E-state index is -3.59. The first-order valence-electron chi connectivity index (χ1n) is 10.5. The lowest BCUT2D eigenvalue weighted by molar-refractivity contribution is 0.0946. The predicted octanol–water partition coefficient (Wildman–Crippen LogP) is 3.68. The fraction of sp³-hybridized carbons (Fsp3) is 0.435. The van der Waals surface area contributed by atoms with Crippen molar-refractivity contribution in [1.82, 2.24) is 9.62 Å². The fourth-order valence-corrected chi connectivity index (χ4v) is 5.04. The Labute approximate surface area is 179 Å². The number of ether oxygens (including phenoxy) is 1. The maximum atomic E-state index is 13.0. The lowest BCUT2D eigenvalue weighted by Gasteiger charge is -2.20. The highest BCUT2D eigenvalue weighted by atomic mass is 32.2. The largest absolute Gasteiger partial charge is 0.492 e. The van der Waals surface area contributed by atoms with E-state index < -0.39 is 10.0 Å². The number of rotatable bonds is 7. The summed E-state index contributed by atoms with van der Waals surface area (Å²) >= 11 is 0. The Hall–Kier alpha value is -2.38. The third-order valence-electron chi connectivity index (χ3n) is 5.33. The summed E-state index contributed by atoms with van der Waals surface area (Å²) < 4.78 is 33.3. The van der Waals surface area contributed by atoms with Gasteiger partial charge in [-0.1, -0.05) is 36.6 Å². The van der Waals surface area contributed by atoms with Crippen molar-refractivity contribution in [3.63, 3.8) is 0 Å². The first-order chi connectivity index (χ1) is 14.4. The molecule has 0 saturated carbocycles. The molecule has 7 heteroatoms. The van der Waals surface area contributed by atoms with Gasteiger partial charge in [0.15, 0.2) is 0 Å². The Morgan fingerprint density at radius 2 is 1.67 bits per heavy atom. The van der Waals surface area contributed by atoms with Crippen LogP contribution in [0.25, 0.3) is 0 Å². The van der Waals surface area contributed by atoms with Gasteiger partial charge in [0, 0.05) is 18.7 Å². The van der Waals surface area contributed by atoms with Crippen LogP contribution >= 0.6 is 0 Å². The maximum Gasteiger partial charge on any atom is 0.251 e. The molecule has 0 aromatic heterocycles. The van der Waals surface area contributed by atoms with Gasteiger partial charge in [-0.25, -0.2) is 8.42 Å². The van der Waals surface area contributed by atoms with Gasteiger partial charge >= 0.3 is 0 Å². The zero-order chi connectivity index (χ0) is 21.6. The molecule has 2 aromatic carbocycles. The van der Waals surface area contributed by atoms with Crippen LogP contribution in [0.5, 0.6) is 5.75 Å². The zero-order valence-electron chi connectivity index (χ0n) is 17.7. The molecule has 0 unspecified atom stereocenters. The van der Waals surface area contributed by atoms with Gasteiger partial charge in [0.05, 0.1) is 11.4 Å². The van der Waals surface area contributed by atoms with Gasteiger partial charge in [0.1, 0.15) is 12.4 Å². The average molecular weight is 431 g/mol. The summed E-state index contributed by atoms with van der Waals surface area (Å²) in [5.74, 6) is 0.449. The number of nitrogens with one attached hydrogen (secondary N) is 1. The number of carbonyl (C=O) groups excluding carboxylic acids is 1. The molecule has 0 radical (unpaired) electrons. The molecule has 1 aliphatic rings. The van der Waals surface area contributed by atoms with E-state index in [1.165, 1.54) is 6.07 Å². The molecule has 1 N–H and O–H groups in total. The van der Waals surface area contributed by atoms with Crippen LogP contribution < -0.4 is 10.1 Å². The Morgan fingerprint density at radius 1 is 1.00 bits per heavy atom. The van der Waals surface area contributed by atoms with E-state index in [-0.39, 0.29) is 10.8 Å². The summed E-state index contributed by atoms with van der Waals surface area (Å²) in [4.78, 5) is 12.8. The highest BCUT2D eigenvalue weighted by molar-refractivity contribution is 7.89. The van der Waals surface area contributed by atoms with E-state index in [2.05, 4.69) is 5.32 Å². The molecular formula is C23H30N2O4S. The number of hydrogen-bond acceptors (Lipinski definition) is 4. The quantitative estimate of drug-likeness (QED) is 0.680. The van der Waals surface area contributed by atoms with E-state index in [4.69, 9.17) is 4.74 Å². The van der Waals surface area contributed by atoms with Crippen molar-refractivity contribution in [1.29, 1.82) is 0 Å². The van der Waals surface area contributed by atoms with Crippen molar-refractivity contribution in [3.05, 3.63) is 59.2 Å². The van der Waals surface area contributed by atoms with E-state index in [0.29, 0.717) is 31.8 Å². The molecule has 0 spiro atoms. The Kier molecular flexibility index (Phi) is 7.50. The van der Waals surface area contributed by atoms with Crippen molar-refractivity contribution in [2.75, 3.05) is 26.2 Å². The molecule has 1 saturated heterocycles. The summed E-state index contributed by atoms with van der Waals surface area (Å²) in [5, 5.41) is 2.82. The van der Waals surface area contributed by atoms with Gasteiger partial charge < -0.3 is 10.1 Å². The minimum absolute atomic E-state index is 0.177. The molecule has 1 aliphatic heterocycles. The van der Waals surface area contributed by atoms with Crippen LogP contribution in [0.3, 0.4) is 0 Å². The van der Waals surface area contributed by atoms with Gasteiger partial charge in [-0.2, -0.15) is 4.31 Å². The molecule has 162 valence electrons. The third-order valence-corrected chi connectivity index (χ3v) is 7.23. The van der Waals surface area contributed by atoms with E-state index in [9.17, 15) is 13.2 Å². The van der Waals surface area contributed by atoms with Crippen molar-refractivity contribution in [2.24, 2.45) is 0 Å². The first kappa shape index (κ1) is 22.3. The van der Waals surface area contributed by atoms with Crippen LogP contribution in [-0.4, -0.2) is 44.9 Å². The number of benzene rings is 2. The van der Waals surface area contributed by atoms with Crippen molar-refractivity contribution >= 4 is 15.9 Å². The van der Waals surface area contributed by atoms with Gasteiger partial charge in [-0.15, -0.1) is 0 Å². The molecule has 30 heavy (non-hydrogen) atoms. The van der Waals surface area contributed by atoms with Crippen LogP contribution in [0, 0.1) is 13.8 Å². The Balaban J connectivity index is 1.63. The molecule has 0 bridgehead atoms. The van der Waals surface area contributed by atoms with Gasteiger partial charge in [-0.05, 0) is 56.5 Å². The number of hydrogen-bond donors (Lipinski definition) is 1. The van der Waals surface area contributed by atoms with Crippen LogP contribution in [0.15, 0.2) is 47.4 Å². The molecule has 2 aromatic rings. The summed E-state index contributed by atoms with van der Waals surface area (Å²) in [5.41, 5.74) is 2.27. The first-order valence-corrected chi connectivity index (χ1v) is 11.9. The predicted molar refractivity (Wildman–Crippen MR) is 117 cm³/mol. The maximum absolute atomic E-state index is 13.0. The highest BCUT2D eigenvalue weighted by Gasteiger charge is 2.26. The normalized spacial score (nSPS) is 15.4. The number of amides is 1. The van der Waals surface area contributed by atoms with Gasteiger partial charge in [-0.3, -0.25) is 4.79 Å². The zero-order valence-corrected chi connectivity index (χ0v) is 18.5. The Bertz CT molecular complexity index is 963. The minimum Gasteiger partial charge on any atom is -0.492 e. The van der Waals surface area contributed by atoms with Crippen molar-refractivity contribution < 1.29 is 17.9 Å². The number of nitrogens with zero attached hydrogens (tertiary/aromatic N) is 1. The molecule has 0 aliphatic carbocycles. The summed E-state index contributed by atoms with van der Waals surface area (Å²) in [6.07, 6.45) is 3.86. The molecule has 1 amide bonds. The van der Waals surface area contributed by atoms with Crippen LogP contribution in [0.1, 0.15) is 47.2 Å². The monoisotopic (exact) mass is 430 g/mol. The van der Waals surface area contributed by atoms with E-state index in [0.717, 1.165) is 42.6 Å². The fourth-order valence-electron chi connectivity index (χ4n) is 3.50. The van der Waals surface area contributed by atoms with Crippen LogP contribution in [0.4, 0.5) is 0 Å². The third kappa shape index (κ3) is 5.61. The molecule has 0 atom stereocenters. The smallest absolute Gasteiger partial charge is 0.251 e. The standard InChI is InChI=1S/C23H30N2O4S/c1-18-7-10-20(11-8-18)29-16-13-24-23(26)22-17-21(12-9-19(22)2)30(27,28)25-14-5-3-4-6-15-25/h7-12,17H,3-6,13-16H2,1-2H3,(H,24,26). The highest BCUT2D eigenvalue weighted by Crippen LogP contribution is 2.22. The Morgan fingerprint density at radius 3 is 2.33 bits per heavy atom. The second-order valence-corrected chi connectivity index (χ2v) is 9.65. The van der Waals surface area contributed by atoms with E-state index >= 15 is 0 Å². The van der Waals surface area contributed by atoms with Crippen molar-refractivity contribution in [2.45, 2.75) is 44.4 Å². The number of sulfonamides is 1. The van der Waals surface area contributed by atoms with Crippen LogP contribution in [0.2, 0.25) is 0 Å². The summed E-state index contributed by atoms with van der Waals surface area (Å²) in [7, 11) is -3.59. The topological polar surface area (TPSA) is 75.7 Å². The second-order valence-electron chi connectivity index (χ2n) is 7.71. The molecule has 3 rings (SSSR count). The molecule has 1 heterocycles. The van der Waals surface area contributed by atoms with Gasteiger partial charge in [0.2, 0.25) is 10.0 Å². The van der Waals surface area contributed by atoms with Crippen LogP contribution in [-0.2, 0) is 10.0 Å². The molecule has 6 nitrogen and oxygen atoms in total. The van der Waals surface area contributed by atoms with E-state index in [1.807, 2.05) is 31.2 Å².